The van der Waals surface area contributed by atoms with E-state index in [4.69, 9.17) is 4.74 Å². The van der Waals surface area contributed by atoms with Crippen LogP contribution in [0, 0.1) is 0 Å². The van der Waals surface area contributed by atoms with Gasteiger partial charge in [-0.25, -0.2) is 9.78 Å². The molecule has 0 spiro atoms. The molecule has 5 rings (SSSR count). The number of esters is 1. The molecule has 0 radical (unpaired) electrons. The second-order valence-electron chi connectivity index (χ2n) is 8.71. The third-order valence-corrected chi connectivity index (χ3v) is 6.47. The second-order valence-corrected chi connectivity index (χ2v) is 8.71. The fourth-order valence-corrected chi connectivity index (χ4v) is 4.70. The summed E-state index contributed by atoms with van der Waals surface area (Å²) in [7, 11) is 0. The van der Waals surface area contributed by atoms with E-state index in [1.807, 2.05) is 41.3 Å². The number of carbonyl (C=O) groups excluding carboxylic acids is 2. The number of nitrogens with zero attached hydrogens (tertiary/aromatic N) is 5. The Morgan fingerprint density at radius 1 is 0.919 bits per heavy atom. The first-order valence-corrected chi connectivity index (χ1v) is 12.2. The maximum absolute atomic E-state index is 13.8. The van der Waals surface area contributed by atoms with Crippen LogP contribution in [0.25, 0.3) is 11.0 Å². The molecule has 0 unspecified atom stereocenters. The lowest BCUT2D eigenvalue weighted by atomic mass is 10.1. The Morgan fingerprint density at radius 2 is 1.65 bits per heavy atom. The maximum atomic E-state index is 13.8. The van der Waals surface area contributed by atoms with Gasteiger partial charge in [0.15, 0.2) is 0 Å². The molecule has 0 atom stereocenters. The molecule has 9 nitrogen and oxygen atoms in total. The standard InChI is InChI=1S/C28H27N5O4/c1-2-37-28(36)23-24(31-15-17-32(18-16-31)26(34)21-10-13-29-14-11-21)22-9-6-12-30-25(22)33(27(23)35)19-20-7-4-3-5-8-20/h3-14H,2,15-19H2,1H3. The normalized spacial score (nSPS) is 13.5. The molecule has 1 aliphatic heterocycles. The molecule has 1 amide bonds. The van der Waals surface area contributed by atoms with E-state index >= 15 is 0 Å². The molecule has 3 aromatic heterocycles. The topological polar surface area (TPSA) is 97.6 Å². The summed E-state index contributed by atoms with van der Waals surface area (Å²) in [6.45, 7) is 3.93. The molecule has 37 heavy (non-hydrogen) atoms. The van der Waals surface area contributed by atoms with E-state index in [9.17, 15) is 14.4 Å². The first-order chi connectivity index (χ1) is 18.1. The molecular formula is C28H27N5O4. The minimum atomic E-state index is -0.662. The minimum absolute atomic E-state index is 0.00723. The average molecular weight is 498 g/mol. The van der Waals surface area contributed by atoms with E-state index in [1.165, 1.54) is 4.57 Å². The third kappa shape index (κ3) is 4.80. The zero-order chi connectivity index (χ0) is 25.8. The summed E-state index contributed by atoms with van der Waals surface area (Å²) in [5.74, 6) is -0.733. The van der Waals surface area contributed by atoms with E-state index < -0.39 is 11.5 Å². The lowest BCUT2D eigenvalue weighted by Gasteiger charge is -2.37. The molecule has 9 heteroatoms. The number of hydrogen-bond acceptors (Lipinski definition) is 7. The first kappa shape index (κ1) is 24.2. The molecule has 0 N–H and O–H groups in total. The van der Waals surface area contributed by atoms with Crippen molar-refractivity contribution in [2.45, 2.75) is 13.5 Å². The van der Waals surface area contributed by atoms with Gasteiger partial charge < -0.3 is 14.5 Å². The van der Waals surface area contributed by atoms with Crippen molar-refractivity contribution in [1.82, 2.24) is 19.4 Å². The van der Waals surface area contributed by atoms with Crippen molar-refractivity contribution in [3.8, 4) is 0 Å². The quantitative estimate of drug-likeness (QED) is 0.378. The van der Waals surface area contributed by atoms with Crippen LogP contribution in [0.2, 0.25) is 0 Å². The van der Waals surface area contributed by atoms with E-state index in [0.29, 0.717) is 48.5 Å². The number of amides is 1. The van der Waals surface area contributed by atoms with Crippen LogP contribution in [0.15, 0.2) is 78.0 Å². The lowest BCUT2D eigenvalue weighted by Crippen LogP contribution is -2.49. The second kappa shape index (κ2) is 10.6. The van der Waals surface area contributed by atoms with Crippen molar-refractivity contribution in [2.75, 3.05) is 37.7 Å². The number of ether oxygens (including phenoxy) is 1. The van der Waals surface area contributed by atoms with Gasteiger partial charge in [0.25, 0.3) is 11.5 Å². The molecule has 0 bridgehead atoms. The summed E-state index contributed by atoms with van der Waals surface area (Å²) >= 11 is 0. The van der Waals surface area contributed by atoms with Gasteiger partial charge in [-0.3, -0.25) is 19.1 Å². The summed E-state index contributed by atoms with van der Waals surface area (Å²) in [5, 5.41) is 0.690. The Hall–Kier alpha value is -4.53. The van der Waals surface area contributed by atoms with Crippen molar-refractivity contribution in [1.29, 1.82) is 0 Å². The summed E-state index contributed by atoms with van der Waals surface area (Å²) in [6.07, 6.45) is 4.83. The molecule has 188 valence electrons. The van der Waals surface area contributed by atoms with Crippen LogP contribution in [-0.4, -0.2) is 64.1 Å². The third-order valence-electron chi connectivity index (χ3n) is 6.47. The predicted octanol–water partition coefficient (Wildman–Crippen LogP) is 2.98. The van der Waals surface area contributed by atoms with E-state index in [1.54, 1.807) is 48.6 Å². The lowest BCUT2D eigenvalue weighted by molar-refractivity contribution is 0.0523. The number of carbonyl (C=O) groups is 2. The maximum Gasteiger partial charge on any atom is 0.345 e. The van der Waals surface area contributed by atoms with Gasteiger partial charge in [-0.05, 0) is 36.8 Å². The number of fused-ring (bicyclic) bond motifs is 1. The summed E-state index contributed by atoms with van der Waals surface area (Å²) in [6, 6.07) is 16.6. The highest BCUT2D eigenvalue weighted by molar-refractivity contribution is 6.04. The highest BCUT2D eigenvalue weighted by Crippen LogP contribution is 2.30. The molecule has 1 fully saturated rings. The largest absolute Gasteiger partial charge is 0.462 e. The Morgan fingerprint density at radius 3 is 2.35 bits per heavy atom. The highest BCUT2D eigenvalue weighted by Gasteiger charge is 2.30. The van der Waals surface area contributed by atoms with Crippen molar-refractivity contribution >= 4 is 28.6 Å². The molecule has 4 aromatic rings. The predicted molar refractivity (Wildman–Crippen MR) is 140 cm³/mol. The van der Waals surface area contributed by atoms with Gasteiger partial charge in [-0.2, -0.15) is 0 Å². The molecule has 0 saturated carbocycles. The highest BCUT2D eigenvalue weighted by atomic mass is 16.5. The monoisotopic (exact) mass is 497 g/mol. The molecule has 1 aliphatic rings. The summed E-state index contributed by atoms with van der Waals surface area (Å²) in [4.78, 5) is 52.2. The van der Waals surface area contributed by atoms with Gasteiger partial charge in [0.2, 0.25) is 0 Å². The Bertz CT molecular complexity index is 1480. The fourth-order valence-electron chi connectivity index (χ4n) is 4.70. The fraction of sp³-hybridized carbons (Fsp3) is 0.250. The number of anilines is 1. The van der Waals surface area contributed by atoms with Crippen LogP contribution in [0.1, 0.15) is 33.2 Å². The van der Waals surface area contributed by atoms with Crippen LogP contribution >= 0.6 is 0 Å². The van der Waals surface area contributed by atoms with Crippen molar-refractivity contribution < 1.29 is 14.3 Å². The van der Waals surface area contributed by atoms with Crippen LogP contribution < -0.4 is 10.5 Å². The van der Waals surface area contributed by atoms with Gasteiger partial charge >= 0.3 is 5.97 Å². The number of benzene rings is 1. The Kier molecular flexibility index (Phi) is 6.93. The molecular weight excluding hydrogens is 470 g/mol. The van der Waals surface area contributed by atoms with Crippen molar-refractivity contribution in [3.05, 3.63) is 100 Å². The van der Waals surface area contributed by atoms with Gasteiger partial charge in [-0.1, -0.05) is 30.3 Å². The number of hydrogen-bond donors (Lipinski definition) is 0. The number of aromatic nitrogens is 3. The van der Waals surface area contributed by atoms with Gasteiger partial charge in [-0.15, -0.1) is 0 Å². The SMILES string of the molecule is CCOC(=O)c1c(N2CCN(C(=O)c3ccncc3)CC2)c2cccnc2n(Cc2ccccc2)c1=O. The zero-order valence-electron chi connectivity index (χ0n) is 20.5. The number of rotatable bonds is 6. The zero-order valence-corrected chi connectivity index (χ0v) is 20.5. The molecule has 1 saturated heterocycles. The van der Waals surface area contributed by atoms with E-state index in [2.05, 4.69) is 9.97 Å². The van der Waals surface area contributed by atoms with E-state index in [0.717, 1.165) is 5.56 Å². The summed E-state index contributed by atoms with van der Waals surface area (Å²) in [5.41, 5.74) is 2.05. The van der Waals surface area contributed by atoms with Crippen molar-refractivity contribution in [2.24, 2.45) is 0 Å². The van der Waals surface area contributed by atoms with Gasteiger partial charge in [0.05, 0.1) is 18.8 Å². The van der Waals surface area contributed by atoms with Crippen molar-refractivity contribution in [3.63, 3.8) is 0 Å². The van der Waals surface area contributed by atoms with Crippen LogP contribution in [0.5, 0.6) is 0 Å². The van der Waals surface area contributed by atoms with E-state index in [-0.39, 0.29) is 24.6 Å². The van der Waals surface area contributed by atoms with Gasteiger partial charge in [0, 0.05) is 55.7 Å². The van der Waals surface area contributed by atoms with Crippen LogP contribution in [-0.2, 0) is 11.3 Å². The molecule has 1 aromatic carbocycles. The summed E-state index contributed by atoms with van der Waals surface area (Å²) < 4.78 is 6.87. The Balaban J connectivity index is 1.56. The van der Waals surface area contributed by atoms with Crippen LogP contribution in [0.4, 0.5) is 5.69 Å². The van der Waals surface area contributed by atoms with Crippen LogP contribution in [0.3, 0.4) is 0 Å². The smallest absolute Gasteiger partial charge is 0.345 e. The number of piperazine rings is 1. The first-order valence-electron chi connectivity index (χ1n) is 12.2. The minimum Gasteiger partial charge on any atom is -0.462 e. The molecule has 0 aliphatic carbocycles. The average Bonchev–Trinajstić information content (AvgIpc) is 2.95. The van der Waals surface area contributed by atoms with Gasteiger partial charge in [0.1, 0.15) is 11.2 Å². The number of pyridine rings is 3. The Labute approximate surface area is 213 Å². The molecule has 4 heterocycles.